The maximum absolute atomic E-state index is 12.5. The SMILES string of the molecule is CCC(=O)c1ccc(Br)cc1N1C=CC=CC(C(=O)OC)=C1C(=O)OC. The van der Waals surface area contributed by atoms with Crippen LogP contribution in [-0.4, -0.2) is 31.9 Å². The van der Waals surface area contributed by atoms with Gasteiger partial charge in [0.05, 0.1) is 25.5 Å². The zero-order valence-corrected chi connectivity index (χ0v) is 16.2. The molecule has 0 saturated carbocycles. The number of methoxy groups -OCH3 is 2. The molecule has 1 aromatic carbocycles. The molecule has 26 heavy (non-hydrogen) atoms. The van der Waals surface area contributed by atoms with Gasteiger partial charge in [-0.25, -0.2) is 9.59 Å². The number of hydrogen-bond donors (Lipinski definition) is 0. The zero-order chi connectivity index (χ0) is 19.3. The fourth-order valence-electron chi connectivity index (χ4n) is 2.48. The fourth-order valence-corrected chi connectivity index (χ4v) is 2.83. The second-order valence-corrected chi connectivity index (χ2v) is 6.17. The summed E-state index contributed by atoms with van der Waals surface area (Å²) in [5.41, 5.74) is 0.868. The average Bonchev–Trinajstić information content (AvgIpc) is 2.88. The number of ether oxygens (including phenoxy) is 2. The third kappa shape index (κ3) is 3.94. The molecule has 1 aromatic rings. The molecule has 1 aliphatic heterocycles. The number of nitrogens with zero attached hydrogens (tertiary/aromatic N) is 1. The molecule has 1 heterocycles. The molecule has 0 unspecified atom stereocenters. The van der Waals surface area contributed by atoms with Crippen molar-refractivity contribution in [1.29, 1.82) is 0 Å². The molecule has 1 aliphatic rings. The van der Waals surface area contributed by atoms with Crippen LogP contribution in [0.5, 0.6) is 0 Å². The van der Waals surface area contributed by atoms with Crippen LogP contribution in [0, 0.1) is 0 Å². The number of halogens is 1. The molecule has 136 valence electrons. The van der Waals surface area contributed by atoms with Crippen LogP contribution in [0.1, 0.15) is 23.7 Å². The topological polar surface area (TPSA) is 72.9 Å². The summed E-state index contributed by atoms with van der Waals surface area (Å²) in [4.78, 5) is 38.5. The van der Waals surface area contributed by atoms with Crippen LogP contribution in [-0.2, 0) is 19.1 Å². The molecule has 0 atom stereocenters. The molecule has 7 heteroatoms. The van der Waals surface area contributed by atoms with Gasteiger partial charge in [0.1, 0.15) is 5.70 Å². The molecule has 6 nitrogen and oxygen atoms in total. The van der Waals surface area contributed by atoms with Gasteiger partial charge in [-0.05, 0) is 30.4 Å². The standard InChI is InChI=1S/C19H18BrNO5/c1-4-16(22)13-9-8-12(20)11-15(13)21-10-6-5-7-14(18(23)25-2)17(21)19(24)26-3/h5-11H,4H2,1-3H3. The lowest BCUT2D eigenvalue weighted by atomic mass is 10.0. The largest absolute Gasteiger partial charge is 0.465 e. The van der Waals surface area contributed by atoms with Gasteiger partial charge in [-0.3, -0.25) is 4.79 Å². The molecule has 0 bridgehead atoms. The number of Topliss-reactive ketones (excluding diaryl/α,β-unsaturated/α-hetero) is 1. The Morgan fingerprint density at radius 1 is 1.08 bits per heavy atom. The van der Waals surface area contributed by atoms with Gasteiger partial charge in [0.2, 0.25) is 0 Å². The van der Waals surface area contributed by atoms with Crippen LogP contribution in [0.15, 0.2) is 58.4 Å². The lowest BCUT2D eigenvalue weighted by Crippen LogP contribution is -2.28. The Hall–Kier alpha value is -2.67. The van der Waals surface area contributed by atoms with E-state index < -0.39 is 11.9 Å². The number of anilines is 1. The Bertz CT molecular complexity index is 838. The summed E-state index contributed by atoms with van der Waals surface area (Å²) in [6.07, 6.45) is 6.61. The summed E-state index contributed by atoms with van der Waals surface area (Å²) in [6.45, 7) is 1.75. The Kier molecular flexibility index (Phi) is 6.52. The molecule has 0 radical (unpaired) electrons. The van der Waals surface area contributed by atoms with Crippen molar-refractivity contribution in [3.05, 3.63) is 63.9 Å². The Balaban J connectivity index is 2.77. The van der Waals surface area contributed by atoms with E-state index in [1.165, 1.54) is 25.2 Å². The van der Waals surface area contributed by atoms with E-state index in [-0.39, 0.29) is 17.1 Å². The third-order valence-corrected chi connectivity index (χ3v) is 4.22. The average molecular weight is 420 g/mol. The molecule has 0 saturated heterocycles. The number of ketones is 1. The van der Waals surface area contributed by atoms with E-state index in [2.05, 4.69) is 15.9 Å². The van der Waals surface area contributed by atoms with Crippen LogP contribution >= 0.6 is 15.9 Å². The molecular weight excluding hydrogens is 402 g/mol. The summed E-state index contributed by atoms with van der Waals surface area (Å²) in [5.74, 6) is -1.51. The Morgan fingerprint density at radius 3 is 2.38 bits per heavy atom. The smallest absolute Gasteiger partial charge is 0.355 e. The predicted molar refractivity (Wildman–Crippen MR) is 101 cm³/mol. The van der Waals surface area contributed by atoms with Crippen molar-refractivity contribution in [2.75, 3.05) is 19.1 Å². The van der Waals surface area contributed by atoms with E-state index in [1.54, 1.807) is 43.5 Å². The highest BCUT2D eigenvalue weighted by molar-refractivity contribution is 9.10. The van der Waals surface area contributed by atoms with Crippen molar-refractivity contribution in [3.63, 3.8) is 0 Å². The van der Waals surface area contributed by atoms with Crippen molar-refractivity contribution >= 4 is 39.3 Å². The number of rotatable bonds is 5. The van der Waals surface area contributed by atoms with Crippen LogP contribution in [0.4, 0.5) is 5.69 Å². The highest BCUT2D eigenvalue weighted by atomic mass is 79.9. The van der Waals surface area contributed by atoms with Crippen molar-refractivity contribution in [3.8, 4) is 0 Å². The molecular formula is C19H18BrNO5. The molecule has 0 fully saturated rings. The minimum atomic E-state index is -0.725. The minimum Gasteiger partial charge on any atom is -0.465 e. The van der Waals surface area contributed by atoms with E-state index in [4.69, 9.17) is 9.47 Å². The highest BCUT2D eigenvalue weighted by Crippen LogP contribution is 2.32. The zero-order valence-electron chi connectivity index (χ0n) is 14.6. The molecule has 0 aromatic heterocycles. The number of allylic oxidation sites excluding steroid dienone is 2. The van der Waals surface area contributed by atoms with Crippen molar-refractivity contribution in [2.45, 2.75) is 13.3 Å². The van der Waals surface area contributed by atoms with Gasteiger partial charge in [-0.1, -0.05) is 28.9 Å². The second-order valence-electron chi connectivity index (χ2n) is 5.25. The first kappa shape index (κ1) is 19.7. The molecule has 0 aliphatic carbocycles. The normalized spacial score (nSPS) is 13.5. The molecule has 0 N–H and O–H groups in total. The first-order valence-corrected chi connectivity index (χ1v) is 8.61. The van der Waals surface area contributed by atoms with Gasteiger partial charge >= 0.3 is 11.9 Å². The van der Waals surface area contributed by atoms with E-state index in [9.17, 15) is 14.4 Å². The second kappa shape index (κ2) is 8.62. The monoisotopic (exact) mass is 419 g/mol. The number of hydrogen-bond acceptors (Lipinski definition) is 6. The van der Waals surface area contributed by atoms with Crippen molar-refractivity contribution in [1.82, 2.24) is 0 Å². The maximum Gasteiger partial charge on any atom is 0.355 e. The lowest BCUT2D eigenvalue weighted by molar-refractivity contribution is -0.139. The predicted octanol–water partition coefficient (Wildman–Crippen LogP) is 3.53. The van der Waals surface area contributed by atoms with Crippen LogP contribution in [0.25, 0.3) is 0 Å². The Morgan fingerprint density at radius 2 is 1.77 bits per heavy atom. The minimum absolute atomic E-state index is 0.0271. The number of carbonyl (C=O) groups is 3. The van der Waals surface area contributed by atoms with Crippen LogP contribution in [0.2, 0.25) is 0 Å². The van der Waals surface area contributed by atoms with Crippen molar-refractivity contribution < 1.29 is 23.9 Å². The fraction of sp³-hybridized carbons (Fsp3) is 0.211. The lowest BCUT2D eigenvalue weighted by Gasteiger charge is -2.25. The maximum atomic E-state index is 12.5. The Labute approximate surface area is 159 Å². The van der Waals surface area contributed by atoms with Gasteiger partial charge in [0.15, 0.2) is 5.78 Å². The number of esters is 2. The summed E-state index contributed by atoms with van der Waals surface area (Å²) >= 11 is 3.38. The van der Waals surface area contributed by atoms with E-state index in [1.807, 2.05) is 0 Å². The summed E-state index contributed by atoms with van der Waals surface area (Å²) < 4.78 is 10.4. The summed E-state index contributed by atoms with van der Waals surface area (Å²) in [5, 5.41) is 0. The van der Waals surface area contributed by atoms with E-state index >= 15 is 0 Å². The highest BCUT2D eigenvalue weighted by Gasteiger charge is 2.29. The van der Waals surface area contributed by atoms with Crippen molar-refractivity contribution in [2.24, 2.45) is 0 Å². The quantitative estimate of drug-likeness (QED) is 0.536. The third-order valence-electron chi connectivity index (χ3n) is 3.73. The first-order valence-electron chi connectivity index (χ1n) is 7.82. The summed E-state index contributed by atoms with van der Waals surface area (Å²) in [7, 11) is 2.45. The first-order chi connectivity index (χ1) is 12.4. The van der Waals surface area contributed by atoms with Crippen LogP contribution < -0.4 is 4.90 Å². The van der Waals surface area contributed by atoms with Gasteiger partial charge in [0.25, 0.3) is 0 Å². The number of benzene rings is 1. The summed E-state index contributed by atoms with van der Waals surface area (Å²) in [6, 6.07) is 5.12. The van der Waals surface area contributed by atoms with Gasteiger partial charge in [-0.15, -0.1) is 0 Å². The molecule has 0 spiro atoms. The molecule has 2 rings (SSSR count). The van der Waals surface area contributed by atoms with Gasteiger partial charge in [-0.2, -0.15) is 0 Å². The van der Waals surface area contributed by atoms with Crippen LogP contribution in [0.3, 0.4) is 0 Å². The van der Waals surface area contributed by atoms with E-state index in [0.29, 0.717) is 17.7 Å². The molecule has 0 amide bonds. The van der Waals surface area contributed by atoms with E-state index in [0.717, 1.165) is 4.47 Å². The van der Waals surface area contributed by atoms with Gasteiger partial charge < -0.3 is 14.4 Å². The van der Waals surface area contributed by atoms with Gasteiger partial charge in [0, 0.05) is 22.7 Å². The number of carbonyl (C=O) groups excluding carboxylic acids is 3.